The van der Waals surface area contributed by atoms with Gasteiger partial charge in [0.25, 0.3) is 0 Å². The minimum Gasteiger partial charge on any atom is -0.265 e. The average molecular weight is 266 g/mol. The Labute approximate surface area is 104 Å². The molecule has 8 heteroatoms. The summed E-state index contributed by atoms with van der Waals surface area (Å²) < 4.78 is 29.2. The summed E-state index contributed by atoms with van der Waals surface area (Å²) in [6, 6.07) is 7.74. The van der Waals surface area contributed by atoms with E-state index in [2.05, 4.69) is 19.5 Å². The first-order valence-electron chi connectivity index (χ1n) is 4.96. The Hall–Kier alpha value is -2.22. The molecule has 2 aromatic rings. The molecule has 2 rings (SSSR count). The lowest BCUT2D eigenvalue weighted by Gasteiger charge is -1.99. The van der Waals surface area contributed by atoms with Crippen molar-refractivity contribution >= 4 is 16.3 Å². The van der Waals surface area contributed by atoms with Crippen molar-refractivity contribution in [2.24, 2.45) is 12.2 Å². The maximum Gasteiger partial charge on any atom is 0.358 e. The van der Waals surface area contributed by atoms with Crippen LogP contribution in [0.25, 0.3) is 0 Å². The highest BCUT2D eigenvalue weighted by atomic mass is 32.2. The Bertz CT molecular complexity index is 649. The van der Waals surface area contributed by atoms with Gasteiger partial charge in [-0.3, -0.25) is 8.97 Å². The van der Waals surface area contributed by atoms with Crippen molar-refractivity contribution in [3.63, 3.8) is 0 Å². The first-order chi connectivity index (χ1) is 8.58. The third kappa shape index (κ3) is 2.92. The SMILES string of the molecule is Cn1cnc(/C=N/OS(=O)(=O)c2ccccc2)n1. The molecule has 0 aliphatic heterocycles. The van der Waals surface area contributed by atoms with Crippen LogP contribution in [-0.4, -0.2) is 29.4 Å². The van der Waals surface area contributed by atoms with Gasteiger partial charge in [-0.05, 0) is 12.1 Å². The van der Waals surface area contributed by atoms with Gasteiger partial charge in [-0.25, -0.2) is 4.98 Å². The average Bonchev–Trinajstić information content (AvgIpc) is 2.76. The van der Waals surface area contributed by atoms with Crippen LogP contribution in [0.1, 0.15) is 5.82 Å². The molecule has 7 nitrogen and oxygen atoms in total. The Balaban J connectivity index is 2.08. The molecule has 0 saturated heterocycles. The summed E-state index contributed by atoms with van der Waals surface area (Å²) in [7, 11) is -2.20. The van der Waals surface area contributed by atoms with E-state index in [1.54, 1.807) is 25.2 Å². The predicted molar refractivity (Wildman–Crippen MR) is 63.3 cm³/mol. The summed E-state index contributed by atoms with van der Waals surface area (Å²) in [5.41, 5.74) is 0. The van der Waals surface area contributed by atoms with E-state index in [1.807, 2.05) is 0 Å². The standard InChI is InChI=1S/C10H10N4O3S/c1-14-8-11-10(13-14)7-12-17-18(15,16)9-5-3-2-4-6-9/h2-8H,1H3/b12-7+. The number of rotatable bonds is 4. The summed E-state index contributed by atoms with van der Waals surface area (Å²) in [4.78, 5) is 3.87. The highest BCUT2D eigenvalue weighted by Gasteiger charge is 2.14. The van der Waals surface area contributed by atoms with Crippen LogP contribution in [0.4, 0.5) is 0 Å². The van der Waals surface area contributed by atoms with Crippen molar-refractivity contribution < 1.29 is 12.7 Å². The molecule has 1 aromatic heterocycles. The summed E-state index contributed by atoms with van der Waals surface area (Å²) in [6.45, 7) is 0. The molecule has 1 aromatic carbocycles. The molecule has 1 heterocycles. The van der Waals surface area contributed by atoms with Crippen molar-refractivity contribution in [2.45, 2.75) is 4.90 Å². The summed E-state index contributed by atoms with van der Waals surface area (Å²) >= 11 is 0. The second-order valence-corrected chi connectivity index (χ2v) is 4.88. The molecule has 0 radical (unpaired) electrons. The van der Waals surface area contributed by atoms with Gasteiger partial charge >= 0.3 is 10.1 Å². The summed E-state index contributed by atoms with van der Waals surface area (Å²) in [5.74, 6) is 0.265. The molecule has 0 atom stereocenters. The van der Waals surface area contributed by atoms with Crippen LogP contribution in [0.2, 0.25) is 0 Å². The zero-order valence-corrected chi connectivity index (χ0v) is 10.3. The predicted octanol–water partition coefficient (Wildman–Crippen LogP) is 0.555. The fraction of sp³-hybridized carbons (Fsp3) is 0.100. The van der Waals surface area contributed by atoms with E-state index in [0.29, 0.717) is 0 Å². The van der Waals surface area contributed by atoms with E-state index >= 15 is 0 Å². The minimum atomic E-state index is -3.88. The number of hydrogen-bond donors (Lipinski definition) is 0. The van der Waals surface area contributed by atoms with Gasteiger partial charge in [0.2, 0.25) is 0 Å². The Kier molecular flexibility index (Phi) is 3.38. The molecular formula is C10H10N4O3S. The van der Waals surface area contributed by atoms with Crippen molar-refractivity contribution in [1.29, 1.82) is 0 Å². The minimum absolute atomic E-state index is 0.0381. The molecular weight excluding hydrogens is 256 g/mol. The molecule has 0 fully saturated rings. The zero-order chi connectivity index (χ0) is 13.0. The monoisotopic (exact) mass is 266 g/mol. The topological polar surface area (TPSA) is 86.4 Å². The van der Waals surface area contributed by atoms with Crippen LogP contribution < -0.4 is 0 Å². The molecule has 0 N–H and O–H groups in total. The van der Waals surface area contributed by atoms with Gasteiger partial charge in [-0.2, -0.15) is 13.5 Å². The van der Waals surface area contributed by atoms with E-state index in [4.69, 9.17) is 0 Å². The van der Waals surface area contributed by atoms with Crippen LogP contribution in [0.5, 0.6) is 0 Å². The Morgan fingerprint density at radius 3 is 2.67 bits per heavy atom. The zero-order valence-electron chi connectivity index (χ0n) is 9.46. The van der Waals surface area contributed by atoms with Gasteiger partial charge in [0, 0.05) is 7.05 Å². The molecule has 0 aliphatic carbocycles. The van der Waals surface area contributed by atoms with Gasteiger partial charge in [0.1, 0.15) is 17.4 Å². The number of oxime groups is 1. The lowest BCUT2D eigenvalue weighted by molar-refractivity contribution is 0.341. The van der Waals surface area contributed by atoms with Gasteiger partial charge in [0.05, 0.1) is 0 Å². The highest BCUT2D eigenvalue weighted by molar-refractivity contribution is 7.86. The Morgan fingerprint density at radius 1 is 1.33 bits per heavy atom. The molecule has 18 heavy (non-hydrogen) atoms. The smallest absolute Gasteiger partial charge is 0.265 e. The maximum absolute atomic E-state index is 11.6. The molecule has 0 unspecified atom stereocenters. The van der Waals surface area contributed by atoms with E-state index in [0.717, 1.165) is 6.21 Å². The van der Waals surface area contributed by atoms with Crippen LogP contribution in [0.15, 0.2) is 46.7 Å². The maximum atomic E-state index is 11.6. The molecule has 0 aliphatic rings. The number of hydrogen-bond acceptors (Lipinski definition) is 6. The van der Waals surface area contributed by atoms with E-state index < -0.39 is 10.1 Å². The second-order valence-electron chi connectivity index (χ2n) is 3.35. The third-order valence-electron chi connectivity index (χ3n) is 1.96. The molecule has 0 saturated carbocycles. The lowest BCUT2D eigenvalue weighted by atomic mass is 10.4. The first-order valence-corrected chi connectivity index (χ1v) is 6.36. The van der Waals surface area contributed by atoms with Crippen molar-refractivity contribution in [3.8, 4) is 0 Å². The van der Waals surface area contributed by atoms with Crippen LogP contribution >= 0.6 is 0 Å². The van der Waals surface area contributed by atoms with Crippen LogP contribution in [0, 0.1) is 0 Å². The number of aromatic nitrogens is 3. The fourth-order valence-corrected chi connectivity index (χ4v) is 1.90. The fourth-order valence-electron chi connectivity index (χ4n) is 1.17. The molecule has 0 spiro atoms. The van der Waals surface area contributed by atoms with Gasteiger partial charge in [0.15, 0.2) is 5.82 Å². The normalized spacial score (nSPS) is 11.8. The highest BCUT2D eigenvalue weighted by Crippen LogP contribution is 2.11. The van der Waals surface area contributed by atoms with E-state index in [9.17, 15) is 8.42 Å². The van der Waals surface area contributed by atoms with E-state index in [1.165, 1.54) is 23.1 Å². The largest absolute Gasteiger partial charge is 0.358 e. The molecule has 0 bridgehead atoms. The van der Waals surface area contributed by atoms with Gasteiger partial charge in [-0.15, -0.1) is 0 Å². The molecule has 0 amide bonds. The van der Waals surface area contributed by atoms with Gasteiger partial charge < -0.3 is 0 Å². The van der Waals surface area contributed by atoms with Crippen molar-refractivity contribution in [1.82, 2.24) is 14.8 Å². The number of benzene rings is 1. The quantitative estimate of drug-likeness (QED) is 0.596. The van der Waals surface area contributed by atoms with Crippen LogP contribution in [0.3, 0.4) is 0 Å². The van der Waals surface area contributed by atoms with E-state index in [-0.39, 0.29) is 10.7 Å². The van der Waals surface area contributed by atoms with Gasteiger partial charge in [-0.1, -0.05) is 23.4 Å². The number of aryl methyl sites for hydroxylation is 1. The second kappa shape index (κ2) is 4.96. The Morgan fingerprint density at radius 2 is 2.06 bits per heavy atom. The summed E-state index contributed by atoms with van der Waals surface area (Å²) in [6.07, 6.45) is 2.59. The third-order valence-corrected chi connectivity index (χ3v) is 3.09. The van der Waals surface area contributed by atoms with Crippen molar-refractivity contribution in [3.05, 3.63) is 42.5 Å². The first kappa shape index (κ1) is 12.2. The van der Waals surface area contributed by atoms with Crippen LogP contribution in [-0.2, 0) is 21.4 Å². The lowest BCUT2D eigenvalue weighted by Crippen LogP contribution is -2.02. The van der Waals surface area contributed by atoms with Crippen molar-refractivity contribution in [2.75, 3.05) is 0 Å². The number of nitrogens with zero attached hydrogens (tertiary/aromatic N) is 4. The summed E-state index contributed by atoms with van der Waals surface area (Å²) in [5, 5.41) is 7.24. The molecule has 94 valence electrons.